The largest absolute Gasteiger partial charge is 0.477 e. The smallest absolute Gasteiger partial charge is 0.341 e. The highest BCUT2D eigenvalue weighted by Gasteiger charge is 2.19. The summed E-state index contributed by atoms with van der Waals surface area (Å²) in [4.78, 5) is 27.2. The van der Waals surface area contributed by atoms with Crippen LogP contribution in [0.15, 0.2) is 17.1 Å². The van der Waals surface area contributed by atoms with Gasteiger partial charge in [0.15, 0.2) is 5.43 Å². The van der Waals surface area contributed by atoms with E-state index in [0.717, 1.165) is 32.0 Å². The molecule has 1 aliphatic heterocycles. The first-order valence-corrected chi connectivity index (χ1v) is 6.44. The van der Waals surface area contributed by atoms with Crippen molar-refractivity contribution in [3.63, 3.8) is 0 Å². The molecular formula is C13H19N3O3. The van der Waals surface area contributed by atoms with E-state index in [2.05, 4.69) is 16.8 Å². The van der Waals surface area contributed by atoms with Crippen LogP contribution in [0, 0.1) is 0 Å². The third-order valence-electron chi connectivity index (χ3n) is 3.50. The number of nitrogens with zero attached hydrogens (tertiary/aromatic N) is 3. The Bertz CT molecular complexity index is 530. The van der Waals surface area contributed by atoms with Gasteiger partial charge < -0.3 is 19.5 Å². The SMILES string of the molecule is CCn1cc(C(=O)O)c(=O)cc1N1CCN(C)CC1. The third-order valence-corrected chi connectivity index (χ3v) is 3.50. The molecule has 2 rings (SSSR count). The molecule has 0 bridgehead atoms. The minimum atomic E-state index is -1.17. The molecule has 1 aromatic heterocycles. The summed E-state index contributed by atoms with van der Waals surface area (Å²) in [6.07, 6.45) is 1.44. The Balaban J connectivity index is 2.37. The van der Waals surface area contributed by atoms with Crippen molar-refractivity contribution in [3.05, 3.63) is 28.0 Å². The molecular weight excluding hydrogens is 246 g/mol. The van der Waals surface area contributed by atoms with Crippen LogP contribution < -0.4 is 10.3 Å². The van der Waals surface area contributed by atoms with Crippen LogP contribution in [-0.2, 0) is 6.54 Å². The van der Waals surface area contributed by atoms with Gasteiger partial charge in [-0.15, -0.1) is 0 Å². The number of piperazine rings is 1. The molecule has 0 amide bonds. The monoisotopic (exact) mass is 265 g/mol. The summed E-state index contributed by atoms with van der Waals surface area (Å²) >= 11 is 0. The van der Waals surface area contributed by atoms with Gasteiger partial charge in [0, 0.05) is 45.0 Å². The molecule has 104 valence electrons. The van der Waals surface area contributed by atoms with Crippen LogP contribution in [0.25, 0.3) is 0 Å². The molecule has 1 saturated heterocycles. The van der Waals surface area contributed by atoms with Crippen LogP contribution in [0.3, 0.4) is 0 Å². The Morgan fingerprint density at radius 2 is 1.95 bits per heavy atom. The maximum absolute atomic E-state index is 11.8. The second kappa shape index (κ2) is 5.44. The lowest BCUT2D eigenvalue weighted by atomic mass is 10.2. The second-order valence-electron chi connectivity index (χ2n) is 4.79. The van der Waals surface area contributed by atoms with Crippen molar-refractivity contribution >= 4 is 11.8 Å². The maximum atomic E-state index is 11.8. The third kappa shape index (κ3) is 2.78. The highest BCUT2D eigenvalue weighted by molar-refractivity contribution is 5.87. The fourth-order valence-electron chi connectivity index (χ4n) is 2.29. The van der Waals surface area contributed by atoms with Crippen LogP contribution in [-0.4, -0.2) is 53.8 Å². The molecule has 19 heavy (non-hydrogen) atoms. The van der Waals surface area contributed by atoms with E-state index in [-0.39, 0.29) is 5.56 Å². The van der Waals surface area contributed by atoms with E-state index in [1.165, 1.54) is 12.3 Å². The van der Waals surface area contributed by atoms with Gasteiger partial charge in [0.25, 0.3) is 0 Å². The number of hydrogen-bond acceptors (Lipinski definition) is 4. The van der Waals surface area contributed by atoms with Gasteiger partial charge in [0.1, 0.15) is 11.4 Å². The van der Waals surface area contributed by atoms with Gasteiger partial charge >= 0.3 is 5.97 Å². The number of pyridine rings is 1. The standard InChI is InChI=1S/C13H19N3O3/c1-3-15-9-10(13(18)19)11(17)8-12(15)16-6-4-14(2)5-7-16/h8-9H,3-7H2,1-2H3,(H,18,19). The molecule has 1 fully saturated rings. The second-order valence-corrected chi connectivity index (χ2v) is 4.79. The zero-order chi connectivity index (χ0) is 14.0. The average molecular weight is 265 g/mol. The number of likely N-dealkylation sites (N-methyl/N-ethyl adjacent to an activating group) is 1. The topological polar surface area (TPSA) is 65.8 Å². The summed E-state index contributed by atoms with van der Waals surface area (Å²) in [7, 11) is 2.07. The highest BCUT2D eigenvalue weighted by atomic mass is 16.4. The van der Waals surface area contributed by atoms with Crippen LogP contribution in [0.1, 0.15) is 17.3 Å². The molecule has 0 atom stereocenters. The van der Waals surface area contributed by atoms with Crippen molar-refractivity contribution in [2.24, 2.45) is 0 Å². The Morgan fingerprint density at radius 1 is 1.32 bits per heavy atom. The number of aromatic nitrogens is 1. The number of hydrogen-bond donors (Lipinski definition) is 1. The van der Waals surface area contributed by atoms with Gasteiger partial charge in [-0.3, -0.25) is 4.79 Å². The summed E-state index contributed by atoms with van der Waals surface area (Å²) in [6.45, 7) is 6.17. The lowest BCUT2D eigenvalue weighted by Gasteiger charge is -2.35. The molecule has 1 aliphatic rings. The number of aryl methyl sites for hydroxylation is 1. The van der Waals surface area contributed by atoms with E-state index in [9.17, 15) is 9.59 Å². The van der Waals surface area contributed by atoms with Crippen molar-refractivity contribution in [2.75, 3.05) is 38.1 Å². The molecule has 0 spiro atoms. The van der Waals surface area contributed by atoms with E-state index >= 15 is 0 Å². The minimum Gasteiger partial charge on any atom is -0.477 e. The Hall–Kier alpha value is -1.82. The molecule has 0 aliphatic carbocycles. The van der Waals surface area contributed by atoms with Crippen molar-refractivity contribution in [3.8, 4) is 0 Å². The molecule has 1 aromatic rings. The zero-order valence-corrected chi connectivity index (χ0v) is 11.3. The molecule has 0 radical (unpaired) electrons. The van der Waals surface area contributed by atoms with E-state index in [0.29, 0.717) is 6.54 Å². The molecule has 2 heterocycles. The van der Waals surface area contributed by atoms with E-state index in [4.69, 9.17) is 5.11 Å². The quantitative estimate of drug-likeness (QED) is 0.852. The molecule has 6 heteroatoms. The molecule has 1 N–H and O–H groups in total. The van der Waals surface area contributed by atoms with Crippen molar-refractivity contribution in [1.29, 1.82) is 0 Å². The molecule has 0 saturated carbocycles. The normalized spacial score (nSPS) is 16.6. The predicted octanol–water partition coefficient (Wildman–Crippen LogP) is 0.318. The lowest BCUT2D eigenvalue weighted by molar-refractivity contribution is 0.0694. The first-order valence-electron chi connectivity index (χ1n) is 6.44. The first kappa shape index (κ1) is 13.6. The fraction of sp³-hybridized carbons (Fsp3) is 0.538. The highest BCUT2D eigenvalue weighted by Crippen LogP contribution is 2.15. The molecule has 6 nitrogen and oxygen atoms in total. The van der Waals surface area contributed by atoms with Gasteiger partial charge in [0.2, 0.25) is 0 Å². The Labute approximate surface area is 111 Å². The first-order chi connectivity index (χ1) is 9.02. The van der Waals surface area contributed by atoms with Gasteiger partial charge in [0.05, 0.1) is 0 Å². The van der Waals surface area contributed by atoms with Crippen LogP contribution >= 0.6 is 0 Å². The molecule has 0 aromatic carbocycles. The number of carboxylic acids is 1. The van der Waals surface area contributed by atoms with Crippen molar-refractivity contribution in [1.82, 2.24) is 9.47 Å². The van der Waals surface area contributed by atoms with E-state index in [1.807, 2.05) is 11.5 Å². The van der Waals surface area contributed by atoms with Crippen LogP contribution in [0.2, 0.25) is 0 Å². The van der Waals surface area contributed by atoms with E-state index < -0.39 is 11.4 Å². The maximum Gasteiger partial charge on any atom is 0.341 e. The van der Waals surface area contributed by atoms with Crippen LogP contribution in [0.4, 0.5) is 5.82 Å². The number of rotatable bonds is 3. The number of carbonyl (C=O) groups is 1. The Kier molecular flexibility index (Phi) is 3.90. The van der Waals surface area contributed by atoms with Gasteiger partial charge in [-0.05, 0) is 14.0 Å². The Morgan fingerprint density at radius 3 is 2.47 bits per heavy atom. The van der Waals surface area contributed by atoms with Gasteiger partial charge in [-0.2, -0.15) is 0 Å². The number of anilines is 1. The molecule has 0 unspecified atom stereocenters. The lowest BCUT2D eigenvalue weighted by Crippen LogP contribution is -2.45. The zero-order valence-electron chi connectivity index (χ0n) is 11.3. The summed E-state index contributed by atoms with van der Waals surface area (Å²) in [5.41, 5.74) is -0.592. The van der Waals surface area contributed by atoms with Crippen LogP contribution in [0.5, 0.6) is 0 Å². The average Bonchev–Trinajstić information content (AvgIpc) is 2.39. The van der Waals surface area contributed by atoms with Crippen molar-refractivity contribution < 1.29 is 9.90 Å². The fourth-order valence-corrected chi connectivity index (χ4v) is 2.29. The summed E-state index contributed by atoms with van der Waals surface area (Å²) in [5, 5.41) is 8.99. The summed E-state index contributed by atoms with van der Waals surface area (Å²) < 4.78 is 1.83. The predicted molar refractivity (Wildman–Crippen MR) is 73.0 cm³/mol. The van der Waals surface area contributed by atoms with Gasteiger partial charge in [-0.1, -0.05) is 0 Å². The number of carboxylic acid groups (broad SMARTS) is 1. The summed E-state index contributed by atoms with van der Waals surface area (Å²) in [5.74, 6) is -0.359. The minimum absolute atomic E-state index is 0.167. The summed E-state index contributed by atoms with van der Waals surface area (Å²) in [6, 6.07) is 1.44. The van der Waals surface area contributed by atoms with Crippen molar-refractivity contribution in [2.45, 2.75) is 13.5 Å². The van der Waals surface area contributed by atoms with E-state index in [1.54, 1.807) is 0 Å². The van der Waals surface area contributed by atoms with Gasteiger partial charge in [-0.25, -0.2) is 4.79 Å². The number of aromatic carboxylic acids is 1.